The highest BCUT2D eigenvalue weighted by atomic mass is 15.2. The van der Waals surface area contributed by atoms with E-state index >= 15 is 0 Å². The van der Waals surface area contributed by atoms with Gasteiger partial charge in [0, 0.05) is 34.2 Å². The van der Waals surface area contributed by atoms with Crippen molar-refractivity contribution in [1.82, 2.24) is 19.2 Å². The highest BCUT2D eigenvalue weighted by Gasteiger charge is 2.22. The molecule has 0 aliphatic rings. The zero-order valence-corrected chi connectivity index (χ0v) is 26.6. The van der Waals surface area contributed by atoms with E-state index in [9.17, 15) is 0 Å². The Hall–Kier alpha value is -6.26. The number of hydrogen-bond acceptors (Lipinski definition) is 2. The fourth-order valence-corrected chi connectivity index (χ4v) is 7.06. The first-order chi connectivity index (χ1) is 23.8. The van der Waals surface area contributed by atoms with Gasteiger partial charge in [0.2, 0.25) is 0 Å². The average Bonchev–Trinajstić information content (AvgIpc) is 3.75. The van der Waals surface area contributed by atoms with Crippen LogP contribution in [0, 0.1) is 0 Å². The average molecular weight is 617 g/mol. The van der Waals surface area contributed by atoms with Gasteiger partial charge in [-0.1, -0.05) is 140 Å². The van der Waals surface area contributed by atoms with Crippen molar-refractivity contribution >= 4 is 27.3 Å². The minimum atomic E-state index is 0.865. The van der Waals surface area contributed by atoms with E-state index in [-0.39, 0.29) is 0 Å². The maximum Gasteiger partial charge on any atom is 0.141 e. The summed E-state index contributed by atoms with van der Waals surface area (Å²) in [6, 6.07) is 58.0. The van der Waals surface area contributed by atoms with E-state index in [0.717, 1.165) is 79.3 Å². The van der Waals surface area contributed by atoms with E-state index in [0.29, 0.717) is 0 Å². The fraction of sp³-hybridized carbons (Fsp3) is 0.0455. The first kappa shape index (κ1) is 28.0. The smallest absolute Gasteiger partial charge is 0.141 e. The molecule has 0 saturated heterocycles. The standard InChI is InChI=1S/C44H32N4/c1-2-47-39-23-12-11-22-38(39)45-44(47)33-26-24-30(25-27-33)34-19-13-20-36(28-34)42-41(32-16-7-4-8-17-32)43-37-21-10-9-18-35(37)29-40(48(43)46-42)31-14-5-3-6-15-31/h3-29H,2H2,1H3. The van der Waals surface area contributed by atoms with E-state index < -0.39 is 0 Å². The molecule has 0 fully saturated rings. The second kappa shape index (κ2) is 11.5. The number of para-hydroxylation sites is 2. The Morgan fingerprint density at radius 3 is 1.96 bits per heavy atom. The van der Waals surface area contributed by atoms with Gasteiger partial charge in [-0.05, 0) is 53.3 Å². The monoisotopic (exact) mass is 616 g/mol. The lowest BCUT2D eigenvalue weighted by Crippen LogP contribution is -1.97. The largest absolute Gasteiger partial charge is 0.324 e. The summed E-state index contributed by atoms with van der Waals surface area (Å²) in [5.41, 5.74) is 13.2. The Morgan fingerprint density at radius 2 is 1.17 bits per heavy atom. The molecule has 0 N–H and O–H groups in total. The van der Waals surface area contributed by atoms with Crippen molar-refractivity contribution < 1.29 is 0 Å². The van der Waals surface area contributed by atoms with Crippen LogP contribution in [0.15, 0.2) is 164 Å². The molecular weight excluding hydrogens is 585 g/mol. The molecule has 9 rings (SSSR count). The molecule has 0 amide bonds. The summed E-state index contributed by atoms with van der Waals surface area (Å²) < 4.78 is 4.43. The van der Waals surface area contributed by atoms with E-state index in [1.807, 2.05) is 6.07 Å². The number of benzene rings is 6. The molecule has 0 spiro atoms. The van der Waals surface area contributed by atoms with E-state index in [1.165, 1.54) is 10.8 Å². The molecule has 3 aromatic heterocycles. The molecule has 0 atom stereocenters. The second-order valence-electron chi connectivity index (χ2n) is 12.2. The summed E-state index contributed by atoms with van der Waals surface area (Å²) in [5, 5.41) is 7.79. The SMILES string of the molecule is CCn1c(-c2ccc(-c3cccc(-c4nn5c(-c6ccccc6)cc6ccccc6c5c4-c4ccccc4)c3)cc2)nc2ccccc21. The van der Waals surface area contributed by atoms with Gasteiger partial charge in [-0.25, -0.2) is 9.50 Å². The third kappa shape index (κ3) is 4.61. The Balaban J connectivity index is 1.22. The van der Waals surface area contributed by atoms with Gasteiger partial charge in [0.15, 0.2) is 0 Å². The third-order valence-electron chi connectivity index (χ3n) is 9.34. The van der Waals surface area contributed by atoms with Gasteiger partial charge in [0.05, 0.1) is 22.2 Å². The topological polar surface area (TPSA) is 35.1 Å². The van der Waals surface area contributed by atoms with Gasteiger partial charge in [-0.3, -0.25) is 0 Å². The highest BCUT2D eigenvalue weighted by Crippen LogP contribution is 2.41. The summed E-state index contributed by atoms with van der Waals surface area (Å²) >= 11 is 0. The lowest BCUT2D eigenvalue weighted by molar-refractivity contribution is 0.796. The zero-order chi connectivity index (χ0) is 32.0. The molecule has 4 nitrogen and oxygen atoms in total. The molecule has 48 heavy (non-hydrogen) atoms. The molecule has 0 unspecified atom stereocenters. The van der Waals surface area contributed by atoms with Crippen LogP contribution in [0.5, 0.6) is 0 Å². The van der Waals surface area contributed by atoms with E-state index in [1.54, 1.807) is 0 Å². The Kier molecular flexibility index (Phi) is 6.72. The summed E-state index contributed by atoms with van der Waals surface area (Å²) in [7, 11) is 0. The number of hydrogen-bond donors (Lipinski definition) is 0. The van der Waals surface area contributed by atoms with Gasteiger partial charge in [-0.15, -0.1) is 0 Å². The second-order valence-corrected chi connectivity index (χ2v) is 12.2. The summed E-state index contributed by atoms with van der Waals surface area (Å²) in [6.45, 7) is 3.04. The van der Waals surface area contributed by atoms with Crippen LogP contribution >= 0.6 is 0 Å². The predicted octanol–water partition coefficient (Wildman–Crippen LogP) is 11.2. The molecule has 0 aliphatic heterocycles. The van der Waals surface area contributed by atoms with Gasteiger partial charge in [0.1, 0.15) is 11.5 Å². The number of fused-ring (bicyclic) bond motifs is 4. The molecule has 0 saturated carbocycles. The highest BCUT2D eigenvalue weighted by molar-refractivity contribution is 6.08. The molecule has 0 bridgehead atoms. The predicted molar refractivity (Wildman–Crippen MR) is 199 cm³/mol. The molecule has 3 heterocycles. The van der Waals surface area contributed by atoms with Gasteiger partial charge in [0.25, 0.3) is 0 Å². The van der Waals surface area contributed by atoms with Crippen molar-refractivity contribution in [2.24, 2.45) is 0 Å². The number of aromatic nitrogens is 4. The van der Waals surface area contributed by atoms with Crippen LogP contribution in [0.2, 0.25) is 0 Å². The lowest BCUT2D eigenvalue weighted by Gasteiger charge is -2.10. The lowest BCUT2D eigenvalue weighted by atomic mass is 9.95. The number of aryl methyl sites for hydroxylation is 1. The van der Waals surface area contributed by atoms with Crippen LogP contribution < -0.4 is 0 Å². The van der Waals surface area contributed by atoms with E-state index in [2.05, 4.69) is 174 Å². The molecule has 4 heteroatoms. The van der Waals surface area contributed by atoms with Gasteiger partial charge in [-0.2, -0.15) is 5.10 Å². The van der Waals surface area contributed by atoms with Crippen LogP contribution in [-0.2, 0) is 6.54 Å². The molecule has 228 valence electrons. The number of nitrogens with zero attached hydrogens (tertiary/aromatic N) is 4. The van der Waals surface area contributed by atoms with Crippen LogP contribution in [0.1, 0.15) is 6.92 Å². The van der Waals surface area contributed by atoms with Crippen molar-refractivity contribution in [3.63, 3.8) is 0 Å². The van der Waals surface area contributed by atoms with Gasteiger partial charge >= 0.3 is 0 Å². The first-order valence-corrected chi connectivity index (χ1v) is 16.5. The zero-order valence-electron chi connectivity index (χ0n) is 26.6. The molecule has 6 aromatic carbocycles. The number of rotatable bonds is 6. The van der Waals surface area contributed by atoms with Crippen molar-refractivity contribution in [3.8, 4) is 56.2 Å². The van der Waals surface area contributed by atoms with Crippen LogP contribution in [-0.4, -0.2) is 19.2 Å². The van der Waals surface area contributed by atoms with Crippen molar-refractivity contribution in [1.29, 1.82) is 0 Å². The summed E-state index contributed by atoms with van der Waals surface area (Å²) in [5.74, 6) is 0.998. The van der Waals surface area contributed by atoms with Crippen LogP contribution in [0.4, 0.5) is 0 Å². The van der Waals surface area contributed by atoms with Crippen LogP contribution in [0.3, 0.4) is 0 Å². The third-order valence-corrected chi connectivity index (χ3v) is 9.34. The van der Waals surface area contributed by atoms with Crippen molar-refractivity contribution in [3.05, 3.63) is 164 Å². The first-order valence-electron chi connectivity index (χ1n) is 16.5. The molecule has 0 radical (unpaired) electrons. The Morgan fingerprint density at radius 1 is 0.521 bits per heavy atom. The summed E-state index contributed by atoms with van der Waals surface area (Å²) in [4.78, 5) is 4.97. The molecule has 9 aromatic rings. The summed E-state index contributed by atoms with van der Waals surface area (Å²) in [6.07, 6.45) is 0. The van der Waals surface area contributed by atoms with Gasteiger partial charge < -0.3 is 4.57 Å². The van der Waals surface area contributed by atoms with Crippen LogP contribution in [0.25, 0.3) is 83.5 Å². The normalized spacial score (nSPS) is 11.5. The minimum absolute atomic E-state index is 0.865. The van der Waals surface area contributed by atoms with Crippen molar-refractivity contribution in [2.45, 2.75) is 13.5 Å². The van der Waals surface area contributed by atoms with E-state index in [4.69, 9.17) is 10.1 Å². The quantitative estimate of drug-likeness (QED) is 0.186. The maximum absolute atomic E-state index is 5.42. The maximum atomic E-state index is 5.42. The fourth-order valence-electron chi connectivity index (χ4n) is 7.06. The molecular formula is C44H32N4. The minimum Gasteiger partial charge on any atom is -0.324 e. The number of pyridine rings is 1. The Bertz CT molecular complexity index is 2580. The number of imidazole rings is 1. The van der Waals surface area contributed by atoms with Crippen molar-refractivity contribution in [2.75, 3.05) is 0 Å². The Labute approximate surface area is 279 Å². The molecule has 0 aliphatic carbocycles.